The van der Waals surface area contributed by atoms with Crippen LogP contribution in [0.1, 0.15) is 51.9 Å². The maximum Gasteiger partial charge on any atom is 0.223 e. The molecule has 0 bridgehead atoms. The average Bonchev–Trinajstić information content (AvgIpc) is 2.24. The van der Waals surface area contributed by atoms with E-state index in [9.17, 15) is 4.79 Å². The molecular formula is C13H24N2O. The van der Waals surface area contributed by atoms with Crippen LogP contribution in [-0.2, 0) is 4.79 Å². The highest BCUT2D eigenvalue weighted by molar-refractivity contribution is 5.77. The minimum Gasteiger partial charge on any atom is -0.340 e. The minimum absolute atomic E-state index is 0.161. The van der Waals surface area contributed by atoms with E-state index in [0.29, 0.717) is 24.9 Å². The zero-order valence-corrected chi connectivity index (χ0v) is 10.4. The molecule has 92 valence electrons. The first-order chi connectivity index (χ1) is 7.67. The van der Waals surface area contributed by atoms with E-state index < -0.39 is 0 Å². The van der Waals surface area contributed by atoms with Gasteiger partial charge in [0.15, 0.2) is 0 Å². The Morgan fingerprint density at radius 1 is 1.38 bits per heavy atom. The summed E-state index contributed by atoms with van der Waals surface area (Å²) < 4.78 is 0. The Kier molecular flexibility index (Phi) is 3.53. The van der Waals surface area contributed by atoms with Crippen molar-refractivity contribution in [2.24, 2.45) is 11.1 Å². The van der Waals surface area contributed by atoms with Crippen molar-refractivity contribution in [2.45, 2.75) is 57.9 Å². The molecule has 0 spiro atoms. The number of nitrogens with two attached hydrogens (primary N) is 1. The fourth-order valence-corrected chi connectivity index (χ4v) is 3.02. The first kappa shape index (κ1) is 11.9. The van der Waals surface area contributed by atoms with Crippen molar-refractivity contribution >= 4 is 5.91 Å². The van der Waals surface area contributed by atoms with Crippen LogP contribution in [0.15, 0.2) is 0 Å². The van der Waals surface area contributed by atoms with Gasteiger partial charge in [0.2, 0.25) is 5.91 Å². The van der Waals surface area contributed by atoms with Crippen LogP contribution in [0, 0.1) is 5.41 Å². The highest BCUT2D eigenvalue weighted by Gasteiger charge is 2.39. The van der Waals surface area contributed by atoms with Gasteiger partial charge in [-0.15, -0.1) is 0 Å². The van der Waals surface area contributed by atoms with Gasteiger partial charge < -0.3 is 10.6 Å². The van der Waals surface area contributed by atoms with Gasteiger partial charge in [0.25, 0.3) is 0 Å². The summed E-state index contributed by atoms with van der Waals surface area (Å²) in [6.45, 7) is 3.81. The van der Waals surface area contributed by atoms with E-state index in [0.717, 1.165) is 19.4 Å². The number of rotatable bonds is 3. The summed E-state index contributed by atoms with van der Waals surface area (Å²) in [7, 11) is 0. The molecule has 1 saturated heterocycles. The van der Waals surface area contributed by atoms with Crippen molar-refractivity contribution < 1.29 is 4.79 Å². The molecule has 0 radical (unpaired) electrons. The van der Waals surface area contributed by atoms with Crippen LogP contribution in [0.2, 0.25) is 0 Å². The van der Waals surface area contributed by atoms with Gasteiger partial charge in [-0.3, -0.25) is 4.79 Å². The summed E-state index contributed by atoms with van der Waals surface area (Å²) in [5, 5.41) is 0. The van der Waals surface area contributed by atoms with Gasteiger partial charge >= 0.3 is 0 Å². The summed E-state index contributed by atoms with van der Waals surface area (Å²) in [6.07, 6.45) is 7.85. The van der Waals surface area contributed by atoms with E-state index in [2.05, 4.69) is 11.8 Å². The molecule has 2 rings (SSSR count). The number of likely N-dealkylation sites (tertiary alicyclic amines) is 1. The molecule has 1 unspecified atom stereocenters. The predicted octanol–water partition coefficient (Wildman–Crippen LogP) is 1.91. The zero-order valence-electron chi connectivity index (χ0n) is 10.4. The lowest BCUT2D eigenvalue weighted by atomic mass is 9.66. The SMILES string of the molecule is CC1CCCCN1C(=O)CC1(CN)CCC1. The van der Waals surface area contributed by atoms with Gasteiger partial charge in [0.1, 0.15) is 0 Å². The molecule has 1 aliphatic heterocycles. The monoisotopic (exact) mass is 224 g/mol. The molecule has 1 atom stereocenters. The first-order valence-corrected chi connectivity index (χ1v) is 6.66. The molecule has 3 nitrogen and oxygen atoms in total. The van der Waals surface area contributed by atoms with Crippen LogP contribution in [0.25, 0.3) is 0 Å². The average molecular weight is 224 g/mol. The van der Waals surface area contributed by atoms with Crippen LogP contribution in [0.3, 0.4) is 0 Å². The highest BCUT2D eigenvalue weighted by atomic mass is 16.2. The molecule has 2 fully saturated rings. The Labute approximate surface area is 98.4 Å². The normalized spacial score (nSPS) is 28.6. The van der Waals surface area contributed by atoms with Gasteiger partial charge in [-0.2, -0.15) is 0 Å². The third kappa shape index (κ3) is 2.24. The fraction of sp³-hybridized carbons (Fsp3) is 0.923. The van der Waals surface area contributed by atoms with E-state index in [1.807, 2.05) is 0 Å². The molecule has 16 heavy (non-hydrogen) atoms. The molecule has 3 heteroatoms. The Bertz CT molecular complexity index is 255. The van der Waals surface area contributed by atoms with E-state index in [-0.39, 0.29) is 5.41 Å². The number of nitrogens with zero attached hydrogens (tertiary/aromatic N) is 1. The Morgan fingerprint density at radius 2 is 2.12 bits per heavy atom. The summed E-state index contributed by atoms with van der Waals surface area (Å²) in [5.74, 6) is 0.345. The topological polar surface area (TPSA) is 46.3 Å². The number of hydrogen-bond donors (Lipinski definition) is 1. The van der Waals surface area contributed by atoms with E-state index in [1.54, 1.807) is 0 Å². The van der Waals surface area contributed by atoms with Gasteiger partial charge in [-0.25, -0.2) is 0 Å². The quantitative estimate of drug-likeness (QED) is 0.796. The van der Waals surface area contributed by atoms with Crippen LogP contribution < -0.4 is 5.73 Å². The van der Waals surface area contributed by atoms with Gasteiger partial charge in [0.05, 0.1) is 0 Å². The molecule has 2 aliphatic rings. The lowest BCUT2D eigenvalue weighted by Crippen LogP contribution is -2.47. The summed E-state index contributed by atoms with van der Waals surface area (Å²) in [5.41, 5.74) is 5.97. The van der Waals surface area contributed by atoms with Crippen LogP contribution in [0.5, 0.6) is 0 Å². The van der Waals surface area contributed by atoms with Crippen molar-refractivity contribution in [1.29, 1.82) is 0 Å². The summed E-state index contributed by atoms with van der Waals surface area (Å²) >= 11 is 0. The molecule has 1 aliphatic carbocycles. The van der Waals surface area contributed by atoms with Crippen molar-refractivity contribution in [3.05, 3.63) is 0 Å². The number of piperidine rings is 1. The second kappa shape index (κ2) is 4.74. The van der Waals surface area contributed by atoms with Crippen molar-refractivity contribution in [2.75, 3.05) is 13.1 Å². The predicted molar refractivity (Wildman–Crippen MR) is 65.0 cm³/mol. The number of hydrogen-bond acceptors (Lipinski definition) is 2. The second-order valence-electron chi connectivity index (χ2n) is 5.67. The molecule has 1 saturated carbocycles. The molecule has 0 aromatic rings. The molecule has 0 aromatic carbocycles. The van der Waals surface area contributed by atoms with E-state index in [1.165, 1.54) is 25.7 Å². The maximum absolute atomic E-state index is 12.2. The standard InChI is InChI=1S/C13H24N2O/c1-11-5-2-3-8-15(11)12(16)9-13(10-14)6-4-7-13/h11H,2-10,14H2,1H3. The molecule has 1 heterocycles. The third-order valence-corrected chi connectivity index (χ3v) is 4.50. The Hall–Kier alpha value is -0.570. The Balaban J connectivity index is 1.91. The van der Waals surface area contributed by atoms with Crippen molar-refractivity contribution in [1.82, 2.24) is 4.90 Å². The van der Waals surface area contributed by atoms with Gasteiger partial charge in [0, 0.05) is 19.0 Å². The van der Waals surface area contributed by atoms with E-state index >= 15 is 0 Å². The molecular weight excluding hydrogens is 200 g/mol. The lowest BCUT2D eigenvalue weighted by molar-refractivity contribution is -0.138. The fourth-order valence-electron chi connectivity index (χ4n) is 3.02. The number of carbonyl (C=O) groups is 1. The molecule has 0 aromatic heterocycles. The second-order valence-corrected chi connectivity index (χ2v) is 5.67. The Morgan fingerprint density at radius 3 is 2.62 bits per heavy atom. The summed E-state index contributed by atoms with van der Waals surface area (Å²) in [6, 6.07) is 0.441. The maximum atomic E-state index is 12.2. The highest BCUT2D eigenvalue weighted by Crippen LogP contribution is 2.43. The smallest absolute Gasteiger partial charge is 0.223 e. The number of amides is 1. The van der Waals surface area contributed by atoms with Crippen LogP contribution >= 0.6 is 0 Å². The lowest BCUT2D eigenvalue weighted by Gasteiger charge is -2.43. The van der Waals surface area contributed by atoms with Crippen molar-refractivity contribution in [3.8, 4) is 0 Å². The van der Waals surface area contributed by atoms with Crippen LogP contribution in [-0.4, -0.2) is 29.9 Å². The molecule has 1 amide bonds. The minimum atomic E-state index is 0.161. The van der Waals surface area contributed by atoms with Crippen LogP contribution in [0.4, 0.5) is 0 Å². The van der Waals surface area contributed by atoms with Crippen molar-refractivity contribution in [3.63, 3.8) is 0 Å². The first-order valence-electron chi connectivity index (χ1n) is 6.66. The number of carbonyl (C=O) groups excluding carboxylic acids is 1. The third-order valence-electron chi connectivity index (χ3n) is 4.50. The van der Waals surface area contributed by atoms with Gasteiger partial charge in [-0.1, -0.05) is 6.42 Å². The summed E-state index contributed by atoms with van der Waals surface area (Å²) in [4.78, 5) is 14.3. The van der Waals surface area contributed by atoms with Gasteiger partial charge in [-0.05, 0) is 51.0 Å². The zero-order chi connectivity index (χ0) is 11.6. The van der Waals surface area contributed by atoms with E-state index in [4.69, 9.17) is 5.73 Å². The largest absolute Gasteiger partial charge is 0.340 e. The molecule has 2 N–H and O–H groups in total.